The summed E-state index contributed by atoms with van der Waals surface area (Å²) in [6.45, 7) is 4.97. The Labute approximate surface area is 127 Å². The van der Waals surface area contributed by atoms with Crippen LogP contribution in [0.4, 0.5) is 0 Å². The number of hydrogen-bond donors (Lipinski definition) is 2. The minimum Gasteiger partial charge on any atom is -0.504 e. The molecule has 2 unspecified atom stereocenters. The second kappa shape index (κ2) is 4.41. The zero-order valence-corrected chi connectivity index (χ0v) is 13.1. The molecule has 0 amide bonds. The summed E-state index contributed by atoms with van der Waals surface area (Å²) in [6, 6.07) is 3.75. The van der Waals surface area contributed by atoms with Crippen LogP contribution in [0.25, 0.3) is 0 Å². The van der Waals surface area contributed by atoms with Crippen molar-refractivity contribution in [2.45, 2.75) is 58.3 Å². The zero-order valence-electron chi connectivity index (χ0n) is 13.1. The molecule has 114 valence electrons. The molecule has 2 heteroatoms. The van der Waals surface area contributed by atoms with Gasteiger partial charge in [0.1, 0.15) is 0 Å². The molecule has 0 radical (unpaired) electrons. The van der Waals surface area contributed by atoms with E-state index in [2.05, 4.69) is 19.9 Å². The summed E-state index contributed by atoms with van der Waals surface area (Å²) in [5.41, 5.74) is 2.88. The third-order valence-corrected chi connectivity index (χ3v) is 7.34. The van der Waals surface area contributed by atoms with Crippen LogP contribution in [0.5, 0.6) is 11.5 Å². The Kier molecular flexibility index (Phi) is 2.83. The van der Waals surface area contributed by atoms with Gasteiger partial charge < -0.3 is 10.2 Å². The van der Waals surface area contributed by atoms with E-state index < -0.39 is 0 Å². The van der Waals surface area contributed by atoms with E-state index in [0.29, 0.717) is 11.3 Å². The third kappa shape index (κ3) is 1.71. The van der Waals surface area contributed by atoms with E-state index in [9.17, 15) is 10.2 Å². The number of hydrogen-bond acceptors (Lipinski definition) is 2. The lowest BCUT2D eigenvalue weighted by Crippen LogP contribution is -2.41. The summed E-state index contributed by atoms with van der Waals surface area (Å²) in [7, 11) is 0. The minimum absolute atomic E-state index is 0.0438. The number of aromatic hydroxyl groups is 2. The van der Waals surface area contributed by atoms with Crippen molar-refractivity contribution in [1.29, 1.82) is 0 Å². The van der Waals surface area contributed by atoms with E-state index in [4.69, 9.17) is 0 Å². The van der Waals surface area contributed by atoms with E-state index in [1.54, 1.807) is 6.07 Å². The zero-order chi connectivity index (χ0) is 14.8. The highest BCUT2D eigenvalue weighted by atomic mass is 16.3. The molecule has 0 aliphatic heterocycles. The average molecular weight is 286 g/mol. The standard InChI is InChI=1S/C19H26O2/c1-11-3-7-16-14-4-5-15-12(6-8-17(20)18(15)21)13(14)9-10-19(11,16)2/h6,8,11,13-14,16,20-21H,3-5,7,9-10H2,1-2H3/t11-,13+,14?,16-,19?/m0/s1. The first kappa shape index (κ1) is 13.5. The fourth-order valence-electron chi connectivity index (χ4n) is 5.90. The highest BCUT2D eigenvalue weighted by Gasteiger charge is 2.53. The van der Waals surface area contributed by atoms with Gasteiger partial charge in [-0.3, -0.25) is 0 Å². The quantitative estimate of drug-likeness (QED) is 0.685. The number of rotatable bonds is 0. The van der Waals surface area contributed by atoms with Crippen LogP contribution in [0.15, 0.2) is 12.1 Å². The maximum atomic E-state index is 10.2. The van der Waals surface area contributed by atoms with Crippen LogP contribution in [0.1, 0.15) is 63.0 Å². The van der Waals surface area contributed by atoms with Gasteiger partial charge in [-0.15, -0.1) is 0 Å². The van der Waals surface area contributed by atoms with E-state index in [1.807, 2.05) is 0 Å². The normalized spacial score (nSPS) is 41.2. The van der Waals surface area contributed by atoms with Crippen molar-refractivity contribution in [3.05, 3.63) is 23.3 Å². The maximum Gasteiger partial charge on any atom is 0.160 e. The van der Waals surface area contributed by atoms with Gasteiger partial charge in [0.2, 0.25) is 0 Å². The molecular formula is C19H26O2. The first-order valence-corrected chi connectivity index (χ1v) is 8.56. The Morgan fingerprint density at radius 3 is 2.71 bits per heavy atom. The average Bonchev–Trinajstić information content (AvgIpc) is 2.78. The summed E-state index contributed by atoms with van der Waals surface area (Å²) in [5, 5.41) is 19.9. The molecular weight excluding hydrogens is 260 g/mol. The van der Waals surface area contributed by atoms with E-state index in [0.717, 1.165) is 29.7 Å². The van der Waals surface area contributed by atoms with Crippen LogP contribution in [-0.4, -0.2) is 10.2 Å². The monoisotopic (exact) mass is 286 g/mol. The Morgan fingerprint density at radius 2 is 1.90 bits per heavy atom. The van der Waals surface area contributed by atoms with Crippen LogP contribution < -0.4 is 0 Å². The first-order chi connectivity index (χ1) is 10.0. The van der Waals surface area contributed by atoms with Gasteiger partial charge in [0.25, 0.3) is 0 Å². The topological polar surface area (TPSA) is 40.5 Å². The molecule has 0 aromatic heterocycles. The highest BCUT2D eigenvalue weighted by Crippen LogP contribution is 2.63. The number of phenolic OH excluding ortho intramolecular Hbond substituents is 2. The molecule has 4 rings (SSSR count). The largest absolute Gasteiger partial charge is 0.504 e. The number of fused-ring (bicyclic) bond motifs is 5. The summed E-state index contributed by atoms with van der Waals surface area (Å²) < 4.78 is 0. The summed E-state index contributed by atoms with van der Waals surface area (Å²) in [5.74, 6) is 3.28. The molecule has 3 aliphatic rings. The lowest BCUT2D eigenvalue weighted by atomic mass is 9.54. The molecule has 21 heavy (non-hydrogen) atoms. The van der Waals surface area contributed by atoms with E-state index in [1.165, 1.54) is 37.7 Å². The van der Waals surface area contributed by atoms with Crippen molar-refractivity contribution >= 4 is 0 Å². The molecule has 2 nitrogen and oxygen atoms in total. The van der Waals surface area contributed by atoms with Crippen molar-refractivity contribution in [1.82, 2.24) is 0 Å². The van der Waals surface area contributed by atoms with E-state index in [-0.39, 0.29) is 11.5 Å². The van der Waals surface area contributed by atoms with Gasteiger partial charge in [0, 0.05) is 5.56 Å². The Balaban J connectivity index is 1.74. The van der Waals surface area contributed by atoms with Gasteiger partial charge in [0.05, 0.1) is 0 Å². The predicted octanol–water partition coefficient (Wildman–Crippen LogP) is 4.59. The second-order valence-corrected chi connectivity index (χ2v) is 7.94. The lowest BCUT2D eigenvalue weighted by molar-refractivity contribution is 0.0334. The molecule has 2 saturated carbocycles. The summed E-state index contributed by atoms with van der Waals surface area (Å²) in [4.78, 5) is 0. The van der Waals surface area contributed by atoms with E-state index >= 15 is 0 Å². The molecule has 2 N–H and O–H groups in total. The summed E-state index contributed by atoms with van der Waals surface area (Å²) in [6.07, 6.45) is 7.45. The van der Waals surface area contributed by atoms with Gasteiger partial charge in [-0.05, 0) is 79.2 Å². The van der Waals surface area contributed by atoms with Gasteiger partial charge in [-0.25, -0.2) is 0 Å². The molecule has 0 spiro atoms. The van der Waals surface area contributed by atoms with Crippen LogP contribution in [0.3, 0.4) is 0 Å². The van der Waals surface area contributed by atoms with Gasteiger partial charge >= 0.3 is 0 Å². The minimum atomic E-state index is 0.0438. The van der Waals surface area contributed by atoms with Crippen LogP contribution in [0, 0.1) is 23.2 Å². The third-order valence-electron chi connectivity index (χ3n) is 7.34. The smallest absolute Gasteiger partial charge is 0.160 e. The van der Waals surface area contributed by atoms with Crippen molar-refractivity contribution in [3.8, 4) is 11.5 Å². The highest BCUT2D eigenvalue weighted by molar-refractivity contribution is 5.51. The van der Waals surface area contributed by atoms with Crippen molar-refractivity contribution in [2.75, 3.05) is 0 Å². The maximum absolute atomic E-state index is 10.2. The lowest BCUT2D eigenvalue weighted by Gasteiger charge is -2.50. The van der Waals surface area contributed by atoms with Gasteiger partial charge in [0.15, 0.2) is 11.5 Å². The van der Waals surface area contributed by atoms with Gasteiger partial charge in [-0.2, -0.15) is 0 Å². The molecule has 0 saturated heterocycles. The Morgan fingerprint density at radius 1 is 1.10 bits per heavy atom. The molecule has 2 fully saturated rings. The van der Waals surface area contributed by atoms with Crippen molar-refractivity contribution < 1.29 is 10.2 Å². The molecule has 3 aliphatic carbocycles. The fourth-order valence-corrected chi connectivity index (χ4v) is 5.90. The molecule has 1 aromatic carbocycles. The van der Waals surface area contributed by atoms with Crippen molar-refractivity contribution in [2.24, 2.45) is 23.2 Å². The van der Waals surface area contributed by atoms with Crippen molar-refractivity contribution in [3.63, 3.8) is 0 Å². The fraction of sp³-hybridized carbons (Fsp3) is 0.684. The predicted molar refractivity (Wildman–Crippen MR) is 83.6 cm³/mol. The first-order valence-electron chi connectivity index (χ1n) is 8.56. The molecule has 1 aromatic rings. The molecule has 0 heterocycles. The molecule has 0 bridgehead atoms. The van der Waals surface area contributed by atoms with Gasteiger partial charge in [-0.1, -0.05) is 19.9 Å². The van der Waals surface area contributed by atoms with Crippen LogP contribution in [-0.2, 0) is 6.42 Å². The van der Waals surface area contributed by atoms with Crippen LogP contribution >= 0.6 is 0 Å². The second-order valence-electron chi connectivity index (χ2n) is 7.94. The summed E-state index contributed by atoms with van der Waals surface area (Å²) >= 11 is 0. The molecule has 5 atom stereocenters. The number of phenols is 2. The Bertz CT molecular complexity index is 579. The number of benzene rings is 1. The Hall–Kier alpha value is -1.18. The van der Waals surface area contributed by atoms with Crippen LogP contribution in [0.2, 0.25) is 0 Å². The SMILES string of the molecule is C[C@H]1CC[C@H]2C3CCc4c(ccc(O)c4O)[C@H]3CCC12C.